The van der Waals surface area contributed by atoms with E-state index in [0.29, 0.717) is 0 Å². The van der Waals surface area contributed by atoms with Crippen LogP contribution in [-0.2, 0) is 0 Å². The molecule has 0 radical (unpaired) electrons. The Morgan fingerprint density at radius 1 is 0.522 bits per heavy atom. The summed E-state index contributed by atoms with van der Waals surface area (Å²) in [5.74, 6) is 0. The summed E-state index contributed by atoms with van der Waals surface area (Å²) in [6.45, 7) is 13.9. The molecule has 0 nitrogen and oxygen atoms in total. The average molecular weight is 319 g/mol. The van der Waals surface area contributed by atoms with Gasteiger partial charge in [-0.15, -0.1) is 0 Å². The Bertz CT molecular complexity index is 731. The van der Waals surface area contributed by atoms with Crippen molar-refractivity contribution < 1.29 is 0 Å². The van der Waals surface area contributed by atoms with E-state index in [1.165, 1.54) is 33.4 Å². The summed E-state index contributed by atoms with van der Waals surface area (Å²) in [6, 6.07) is 18.1. The van der Waals surface area contributed by atoms with Crippen LogP contribution < -0.4 is 0 Å². The van der Waals surface area contributed by atoms with Crippen molar-refractivity contribution in [1.82, 2.24) is 0 Å². The first-order valence-corrected chi connectivity index (χ1v) is 11.4. The highest BCUT2D eigenvalue weighted by atomic mass is 28.3. The molecule has 1 aliphatic rings. The maximum atomic E-state index is 2.50. The fraction of sp³-hybridized carbons (Fsp3) is 0.273. The predicted octanol–water partition coefficient (Wildman–Crippen LogP) is 6.35. The van der Waals surface area contributed by atoms with Crippen LogP contribution in [0.1, 0.15) is 36.1 Å². The van der Waals surface area contributed by atoms with Gasteiger partial charge in [-0.05, 0) is 60.4 Å². The van der Waals surface area contributed by atoms with E-state index in [9.17, 15) is 0 Å². The van der Waals surface area contributed by atoms with Crippen LogP contribution in [0.3, 0.4) is 0 Å². The van der Waals surface area contributed by atoms with Crippen molar-refractivity contribution in [2.24, 2.45) is 0 Å². The van der Waals surface area contributed by atoms with Crippen LogP contribution in [0, 0.1) is 13.8 Å². The van der Waals surface area contributed by atoms with Gasteiger partial charge in [-0.25, -0.2) is 0 Å². The molecule has 3 rings (SSSR count). The van der Waals surface area contributed by atoms with Crippen LogP contribution in [0.15, 0.2) is 59.7 Å². The van der Waals surface area contributed by atoms with Gasteiger partial charge in [-0.1, -0.05) is 72.8 Å². The van der Waals surface area contributed by atoms with Crippen molar-refractivity contribution >= 4 is 18.5 Å². The quantitative estimate of drug-likeness (QED) is 0.566. The molecule has 0 amide bonds. The molecule has 0 aliphatic carbocycles. The Labute approximate surface area is 141 Å². The molecule has 2 aromatic rings. The monoisotopic (exact) mass is 318 g/mol. The second-order valence-corrected chi connectivity index (χ2v) is 11.6. The third-order valence-electron chi connectivity index (χ3n) is 5.24. The standard InChI is InChI=1S/C22H26Si/c1-15-7-11-19(12-8-15)21-17(3)18(4)22(23(21,5)6)20-13-9-16(2)10-14-20/h7-14H,1-6H3. The number of hydrogen-bond donors (Lipinski definition) is 0. The molecule has 1 aliphatic heterocycles. The number of allylic oxidation sites excluding steroid dienone is 2. The molecule has 0 N–H and O–H groups in total. The summed E-state index contributed by atoms with van der Waals surface area (Å²) in [4.78, 5) is 0. The molecule has 0 saturated carbocycles. The normalized spacial score (nSPS) is 17.1. The number of rotatable bonds is 2. The smallest absolute Gasteiger partial charge is 0.0616 e. The third kappa shape index (κ3) is 2.64. The van der Waals surface area contributed by atoms with Gasteiger partial charge in [-0.2, -0.15) is 0 Å². The lowest BCUT2D eigenvalue weighted by atomic mass is 10.0. The molecule has 0 spiro atoms. The lowest BCUT2D eigenvalue weighted by Gasteiger charge is -2.26. The van der Waals surface area contributed by atoms with Gasteiger partial charge in [0, 0.05) is 0 Å². The van der Waals surface area contributed by atoms with Gasteiger partial charge in [0.2, 0.25) is 0 Å². The van der Waals surface area contributed by atoms with Gasteiger partial charge in [-0.3, -0.25) is 0 Å². The van der Waals surface area contributed by atoms with Crippen LogP contribution in [0.5, 0.6) is 0 Å². The maximum absolute atomic E-state index is 2.50. The molecule has 0 bridgehead atoms. The van der Waals surface area contributed by atoms with E-state index in [4.69, 9.17) is 0 Å². The Morgan fingerprint density at radius 2 is 0.826 bits per heavy atom. The summed E-state index contributed by atoms with van der Waals surface area (Å²) in [6.07, 6.45) is 0. The minimum absolute atomic E-state index is 1.33. The lowest BCUT2D eigenvalue weighted by molar-refractivity contribution is 1.37. The van der Waals surface area contributed by atoms with Gasteiger partial charge in [0.25, 0.3) is 0 Å². The fourth-order valence-electron chi connectivity index (χ4n) is 4.03. The first kappa shape index (κ1) is 16.0. The van der Waals surface area contributed by atoms with Crippen LogP contribution in [0.2, 0.25) is 13.1 Å². The molecule has 23 heavy (non-hydrogen) atoms. The number of hydrogen-bond acceptors (Lipinski definition) is 0. The summed E-state index contributed by atoms with van der Waals surface area (Å²) < 4.78 is 0. The van der Waals surface area contributed by atoms with E-state index in [1.807, 2.05) is 0 Å². The highest BCUT2D eigenvalue weighted by Crippen LogP contribution is 2.48. The largest absolute Gasteiger partial charge is 0.114 e. The van der Waals surface area contributed by atoms with E-state index in [0.717, 1.165) is 0 Å². The molecular formula is C22H26Si. The maximum Gasteiger partial charge on any atom is 0.114 e. The molecule has 0 saturated heterocycles. The molecule has 118 valence electrons. The molecule has 1 heteroatoms. The van der Waals surface area contributed by atoms with Crippen LogP contribution in [-0.4, -0.2) is 8.07 Å². The van der Waals surface area contributed by atoms with Crippen molar-refractivity contribution in [2.45, 2.75) is 40.8 Å². The zero-order chi connectivity index (χ0) is 16.8. The van der Waals surface area contributed by atoms with Crippen molar-refractivity contribution in [3.8, 4) is 0 Å². The van der Waals surface area contributed by atoms with Gasteiger partial charge in [0.05, 0.1) is 0 Å². The zero-order valence-corrected chi connectivity index (χ0v) is 16.1. The third-order valence-corrected chi connectivity index (χ3v) is 9.07. The highest BCUT2D eigenvalue weighted by Gasteiger charge is 2.40. The van der Waals surface area contributed by atoms with Crippen molar-refractivity contribution in [2.75, 3.05) is 0 Å². The predicted molar refractivity (Wildman–Crippen MR) is 105 cm³/mol. The SMILES string of the molecule is CC1=C(c2ccc(C)cc2)[Si](C)(C)C(c2ccc(C)cc2)=C1C. The summed E-state index contributed by atoms with van der Waals surface area (Å²) in [7, 11) is -1.68. The van der Waals surface area contributed by atoms with Gasteiger partial charge in [0.1, 0.15) is 8.07 Å². The van der Waals surface area contributed by atoms with E-state index >= 15 is 0 Å². The molecule has 2 aromatic carbocycles. The van der Waals surface area contributed by atoms with E-state index in [-0.39, 0.29) is 0 Å². The van der Waals surface area contributed by atoms with Crippen LogP contribution in [0.4, 0.5) is 0 Å². The highest BCUT2D eigenvalue weighted by molar-refractivity contribution is 7.10. The van der Waals surface area contributed by atoms with E-state index in [2.05, 4.69) is 89.3 Å². The van der Waals surface area contributed by atoms with Crippen molar-refractivity contribution in [3.63, 3.8) is 0 Å². The average Bonchev–Trinajstić information content (AvgIpc) is 2.68. The molecule has 1 heterocycles. The minimum atomic E-state index is -1.68. The summed E-state index contributed by atoms with van der Waals surface area (Å²) >= 11 is 0. The molecule has 0 unspecified atom stereocenters. The number of benzene rings is 2. The van der Waals surface area contributed by atoms with Crippen molar-refractivity contribution in [3.05, 3.63) is 81.9 Å². The van der Waals surface area contributed by atoms with Crippen LogP contribution >= 0.6 is 0 Å². The van der Waals surface area contributed by atoms with Crippen LogP contribution in [0.25, 0.3) is 10.4 Å². The second kappa shape index (κ2) is 5.65. The van der Waals surface area contributed by atoms with Gasteiger partial charge >= 0.3 is 0 Å². The Morgan fingerprint density at radius 3 is 1.13 bits per heavy atom. The Hall–Kier alpha value is -1.86. The Kier molecular flexibility index (Phi) is 3.93. The summed E-state index contributed by atoms with van der Waals surface area (Å²) in [5.41, 5.74) is 8.44. The lowest BCUT2D eigenvalue weighted by Crippen LogP contribution is -2.28. The molecule has 0 aromatic heterocycles. The first-order chi connectivity index (χ1) is 10.8. The first-order valence-electron chi connectivity index (χ1n) is 8.39. The number of aryl methyl sites for hydroxylation is 2. The Balaban J connectivity index is 2.13. The zero-order valence-electron chi connectivity index (χ0n) is 15.1. The van der Waals surface area contributed by atoms with E-state index in [1.54, 1.807) is 10.4 Å². The molecular weight excluding hydrogens is 292 g/mol. The minimum Gasteiger partial charge on any atom is -0.0616 e. The topological polar surface area (TPSA) is 0 Å². The fourth-order valence-corrected chi connectivity index (χ4v) is 8.31. The van der Waals surface area contributed by atoms with Crippen molar-refractivity contribution in [1.29, 1.82) is 0 Å². The van der Waals surface area contributed by atoms with E-state index < -0.39 is 8.07 Å². The van der Waals surface area contributed by atoms with Gasteiger partial charge < -0.3 is 0 Å². The molecule has 0 atom stereocenters. The second-order valence-electron chi connectivity index (χ2n) is 7.36. The molecule has 0 fully saturated rings. The van der Waals surface area contributed by atoms with Gasteiger partial charge in [0.15, 0.2) is 0 Å². The summed E-state index contributed by atoms with van der Waals surface area (Å²) in [5, 5.41) is 3.20.